The molecule has 3 aromatic rings. The van der Waals surface area contributed by atoms with Gasteiger partial charge in [0.15, 0.2) is 0 Å². The third-order valence-electron chi connectivity index (χ3n) is 4.81. The quantitative estimate of drug-likeness (QED) is 0.479. The molecule has 0 fully saturated rings. The van der Waals surface area contributed by atoms with E-state index < -0.39 is 5.97 Å². The molecule has 1 atom stereocenters. The zero-order valence-electron chi connectivity index (χ0n) is 17.9. The lowest BCUT2D eigenvalue weighted by molar-refractivity contribution is 0.0528. The van der Waals surface area contributed by atoms with Crippen molar-refractivity contribution in [2.24, 2.45) is 0 Å². The Bertz CT molecular complexity index is 1040. The lowest BCUT2D eigenvalue weighted by Crippen LogP contribution is -2.14. The van der Waals surface area contributed by atoms with Gasteiger partial charge < -0.3 is 19.5 Å². The Kier molecular flexibility index (Phi) is 7.31. The van der Waals surface area contributed by atoms with E-state index in [0.717, 1.165) is 10.4 Å². The summed E-state index contributed by atoms with van der Waals surface area (Å²) in [4.78, 5) is 26.5. The number of carbonyl (C=O) groups excluding carboxylic acids is 2. The van der Waals surface area contributed by atoms with Gasteiger partial charge >= 0.3 is 5.97 Å². The summed E-state index contributed by atoms with van der Waals surface area (Å²) in [5.74, 6) is 0.216. The van der Waals surface area contributed by atoms with Crippen LogP contribution in [0.1, 0.15) is 50.9 Å². The van der Waals surface area contributed by atoms with E-state index in [1.165, 1.54) is 25.6 Å². The number of hydrogen-bond donors (Lipinski definition) is 1. The largest absolute Gasteiger partial charge is 0.497 e. The van der Waals surface area contributed by atoms with E-state index in [2.05, 4.69) is 12.2 Å². The fourth-order valence-electron chi connectivity index (χ4n) is 3.10. The molecule has 1 aromatic heterocycles. The molecule has 31 heavy (non-hydrogen) atoms. The first-order valence-corrected chi connectivity index (χ1v) is 10.7. The van der Waals surface area contributed by atoms with E-state index in [0.29, 0.717) is 27.6 Å². The van der Waals surface area contributed by atoms with Crippen molar-refractivity contribution in [3.05, 3.63) is 76.2 Å². The third kappa shape index (κ3) is 5.24. The van der Waals surface area contributed by atoms with Crippen LogP contribution in [-0.4, -0.2) is 32.7 Å². The van der Waals surface area contributed by atoms with Crippen LogP contribution in [-0.2, 0) is 4.74 Å². The number of carbonyl (C=O) groups is 2. The Balaban J connectivity index is 1.94. The summed E-state index contributed by atoms with van der Waals surface area (Å²) in [5.41, 5.74) is 1.82. The highest BCUT2D eigenvalue weighted by atomic mass is 32.1. The van der Waals surface area contributed by atoms with Crippen LogP contribution in [0.5, 0.6) is 11.5 Å². The number of rotatable bonds is 8. The molecule has 0 aliphatic heterocycles. The van der Waals surface area contributed by atoms with Crippen LogP contribution in [0.2, 0.25) is 0 Å². The van der Waals surface area contributed by atoms with Gasteiger partial charge in [-0.05, 0) is 30.7 Å². The predicted molar refractivity (Wildman–Crippen MR) is 122 cm³/mol. The topological polar surface area (TPSA) is 73.9 Å². The molecule has 0 saturated heterocycles. The van der Waals surface area contributed by atoms with Crippen LogP contribution >= 0.6 is 11.3 Å². The SMILES string of the molecule is CCOC(=O)c1cc(C(C)c2ccccc2)sc1NC(=O)c1cc(OC)cc(OC)c1. The molecule has 0 aliphatic rings. The van der Waals surface area contributed by atoms with Crippen LogP contribution in [0.3, 0.4) is 0 Å². The Morgan fingerprint density at radius 1 is 1.00 bits per heavy atom. The summed E-state index contributed by atoms with van der Waals surface area (Å²) in [5, 5.41) is 3.31. The molecular formula is C24H25NO5S. The molecule has 1 heterocycles. The number of thiophene rings is 1. The summed E-state index contributed by atoms with van der Waals surface area (Å²) in [6.07, 6.45) is 0. The molecule has 7 heteroatoms. The average Bonchev–Trinajstić information content (AvgIpc) is 3.22. The Morgan fingerprint density at radius 3 is 2.23 bits per heavy atom. The number of amides is 1. The second-order valence-electron chi connectivity index (χ2n) is 6.80. The molecule has 1 N–H and O–H groups in total. The minimum atomic E-state index is -0.469. The van der Waals surface area contributed by atoms with Crippen LogP contribution in [0.25, 0.3) is 0 Å². The van der Waals surface area contributed by atoms with Crippen molar-refractivity contribution in [2.75, 3.05) is 26.1 Å². The standard InChI is InChI=1S/C24H25NO5S/c1-5-30-24(27)20-14-21(15(2)16-9-7-6-8-10-16)31-23(20)25-22(26)17-11-18(28-3)13-19(12-17)29-4/h6-15H,5H2,1-4H3,(H,25,26). The summed E-state index contributed by atoms with van der Waals surface area (Å²) in [7, 11) is 3.04. The maximum atomic E-state index is 13.0. The minimum absolute atomic E-state index is 0.0574. The fraction of sp³-hybridized carbons (Fsp3) is 0.250. The molecule has 1 amide bonds. The highest BCUT2D eigenvalue weighted by molar-refractivity contribution is 7.16. The first kappa shape index (κ1) is 22.4. The second kappa shape index (κ2) is 10.1. The van der Waals surface area contributed by atoms with Gasteiger partial charge in [-0.1, -0.05) is 37.3 Å². The smallest absolute Gasteiger partial charge is 0.341 e. The fourth-order valence-corrected chi connectivity index (χ4v) is 4.22. The van der Waals surface area contributed by atoms with Crippen LogP contribution in [0.4, 0.5) is 5.00 Å². The molecule has 1 unspecified atom stereocenters. The average molecular weight is 440 g/mol. The number of hydrogen-bond acceptors (Lipinski definition) is 6. The number of methoxy groups -OCH3 is 2. The monoisotopic (exact) mass is 439 g/mol. The Labute approximate surface area is 185 Å². The van der Waals surface area contributed by atoms with Crippen molar-refractivity contribution < 1.29 is 23.8 Å². The van der Waals surface area contributed by atoms with Crippen molar-refractivity contribution in [3.63, 3.8) is 0 Å². The molecular weight excluding hydrogens is 414 g/mol. The first-order chi connectivity index (χ1) is 15.0. The Hall–Kier alpha value is -3.32. The zero-order chi connectivity index (χ0) is 22.4. The molecule has 6 nitrogen and oxygen atoms in total. The summed E-state index contributed by atoms with van der Waals surface area (Å²) in [6.45, 7) is 4.06. The van der Waals surface area contributed by atoms with Crippen LogP contribution in [0, 0.1) is 0 Å². The van der Waals surface area contributed by atoms with E-state index in [4.69, 9.17) is 14.2 Å². The summed E-state index contributed by atoms with van der Waals surface area (Å²) in [6, 6.07) is 16.7. The van der Waals surface area contributed by atoms with Gasteiger partial charge in [0.2, 0.25) is 0 Å². The number of anilines is 1. The maximum Gasteiger partial charge on any atom is 0.341 e. The molecule has 162 valence electrons. The lowest BCUT2D eigenvalue weighted by atomic mass is 9.99. The minimum Gasteiger partial charge on any atom is -0.497 e. The van der Waals surface area contributed by atoms with Gasteiger partial charge in [0.1, 0.15) is 16.5 Å². The molecule has 0 spiro atoms. The molecule has 0 saturated carbocycles. The lowest BCUT2D eigenvalue weighted by Gasteiger charge is -2.10. The van der Waals surface area contributed by atoms with Crippen LogP contribution < -0.4 is 14.8 Å². The second-order valence-corrected chi connectivity index (χ2v) is 7.88. The van der Waals surface area contributed by atoms with Gasteiger partial charge in [0.05, 0.1) is 26.4 Å². The number of ether oxygens (including phenoxy) is 3. The highest BCUT2D eigenvalue weighted by Gasteiger charge is 2.23. The van der Waals surface area contributed by atoms with Gasteiger partial charge in [-0.15, -0.1) is 11.3 Å². The number of nitrogens with one attached hydrogen (secondary N) is 1. The molecule has 2 aromatic carbocycles. The van der Waals surface area contributed by atoms with Crippen molar-refractivity contribution in [1.29, 1.82) is 0 Å². The summed E-state index contributed by atoms with van der Waals surface area (Å²) >= 11 is 1.36. The van der Waals surface area contributed by atoms with Gasteiger partial charge in [-0.3, -0.25) is 4.79 Å². The molecule has 0 aliphatic carbocycles. The van der Waals surface area contributed by atoms with Crippen molar-refractivity contribution in [3.8, 4) is 11.5 Å². The highest BCUT2D eigenvalue weighted by Crippen LogP contribution is 2.37. The maximum absolute atomic E-state index is 13.0. The molecule has 3 rings (SSSR count). The van der Waals surface area contributed by atoms with E-state index in [1.807, 2.05) is 30.3 Å². The predicted octanol–water partition coefficient (Wildman–Crippen LogP) is 5.35. The van der Waals surface area contributed by atoms with Crippen LogP contribution in [0.15, 0.2) is 54.6 Å². The van der Waals surface area contributed by atoms with E-state index in [9.17, 15) is 9.59 Å². The van der Waals surface area contributed by atoms with E-state index >= 15 is 0 Å². The Morgan fingerprint density at radius 2 is 1.65 bits per heavy atom. The number of benzene rings is 2. The van der Waals surface area contributed by atoms with Gasteiger partial charge in [-0.25, -0.2) is 4.79 Å². The number of esters is 1. The normalized spacial score (nSPS) is 11.5. The van der Waals surface area contributed by atoms with Crippen molar-refractivity contribution >= 4 is 28.2 Å². The summed E-state index contributed by atoms with van der Waals surface area (Å²) < 4.78 is 15.7. The first-order valence-electron chi connectivity index (χ1n) is 9.87. The molecule has 0 bridgehead atoms. The third-order valence-corrected chi connectivity index (χ3v) is 6.05. The van der Waals surface area contributed by atoms with Crippen molar-refractivity contribution in [1.82, 2.24) is 0 Å². The van der Waals surface area contributed by atoms with E-state index in [-0.39, 0.29) is 18.4 Å². The van der Waals surface area contributed by atoms with Crippen molar-refractivity contribution in [2.45, 2.75) is 19.8 Å². The van der Waals surface area contributed by atoms with Gasteiger partial charge in [0.25, 0.3) is 5.91 Å². The van der Waals surface area contributed by atoms with Gasteiger partial charge in [-0.2, -0.15) is 0 Å². The van der Waals surface area contributed by atoms with E-state index in [1.54, 1.807) is 31.2 Å². The zero-order valence-corrected chi connectivity index (χ0v) is 18.7. The molecule has 0 radical (unpaired) electrons. The van der Waals surface area contributed by atoms with Gasteiger partial charge in [0, 0.05) is 22.4 Å².